The van der Waals surface area contributed by atoms with Crippen molar-refractivity contribution in [1.82, 2.24) is 4.90 Å². The lowest BCUT2D eigenvalue weighted by molar-refractivity contribution is -0.128. The normalized spacial score (nSPS) is 17.3. The number of hydrogen-bond donors (Lipinski definition) is 2. The van der Waals surface area contributed by atoms with Crippen LogP contribution in [0, 0.1) is 12.8 Å². The molecule has 0 spiro atoms. The molecule has 1 aliphatic heterocycles. The molecule has 1 unspecified atom stereocenters. The number of rotatable bonds is 5. The molecule has 1 fully saturated rings. The molecule has 3 N–H and O–H groups in total. The second-order valence-electron chi connectivity index (χ2n) is 5.30. The first-order valence-corrected chi connectivity index (χ1v) is 6.95. The van der Waals surface area contributed by atoms with Crippen molar-refractivity contribution in [2.75, 3.05) is 37.9 Å². The van der Waals surface area contributed by atoms with E-state index in [0.29, 0.717) is 31.1 Å². The van der Waals surface area contributed by atoms with Gasteiger partial charge in [-0.15, -0.1) is 12.4 Å². The monoisotopic (exact) mass is 327 g/mol. The summed E-state index contributed by atoms with van der Waals surface area (Å²) >= 11 is 0. The molecule has 2 amide bonds. The van der Waals surface area contributed by atoms with Gasteiger partial charge in [0.1, 0.15) is 0 Å². The zero-order chi connectivity index (χ0) is 15.4. The van der Waals surface area contributed by atoms with E-state index in [1.54, 1.807) is 24.1 Å². The molecular formula is C15H22ClN3O3. The fourth-order valence-electron chi connectivity index (χ4n) is 2.37. The number of carbonyl (C=O) groups excluding carboxylic acids is 2. The average Bonchev–Trinajstić information content (AvgIpc) is 2.82. The Morgan fingerprint density at radius 3 is 2.91 bits per heavy atom. The number of methoxy groups -OCH3 is 1. The zero-order valence-corrected chi connectivity index (χ0v) is 13.6. The lowest BCUT2D eigenvalue weighted by Gasteiger charge is -2.16. The Kier molecular flexibility index (Phi) is 6.64. The molecule has 1 saturated heterocycles. The highest BCUT2D eigenvalue weighted by Gasteiger charge is 2.34. The van der Waals surface area contributed by atoms with Crippen LogP contribution in [0.3, 0.4) is 0 Å². The topological polar surface area (TPSA) is 84.7 Å². The van der Waals surface area contributed by atoms with E-state index in [9.17, 15) is 9.59 Å². The molecule has 0 radical (unpaired) electrons. The molecule has 122 valence electrons. The van der Waals surface area contributed by atoms with Crippen LogP contribution >= 0.6 is 12.4 Å². The summed E-state index contributed by atoms with van der Waals surface area (Å²) in [5.74, 6) is -0.469. The minimum Gasteiger partial charge on any atom is -0.399 e. The number of nitrogens with zero attached hydrogens (tertiary/aromatic N) is 1. The fourth-order valence-corrected chi connectivity index (χ4v) is 2.37. The van der Waals surface area contributed by atoms with E-state index in [0.717, 1.165) is 5.56 Å². The minimum atomic E-state index is -0.324. The van der Waals surface area contributed by atoms with Gasteiger partial charge >= 0.3 is 0 Å². The molecule has 6 nitrogen and oxygen atoms in total. The molecule has 1 aromatic rings. The van der Waals surface area contributed by atoms with Crippen molar-refractivity contribution in [3.05, 3.63) is 23.8 Å². The molecule has 0 aromatic heterocycles. The first-order valence-electron chi connectivity index (χ1n) is 6.95. The van der Waals surface area contributed by atoms with Crippen LogP contribution in [-0.2, 0) is 14.3 Å². The van der Waals surface area contributed by atoms with Crippen LogP contribution in [0.1, 0.15) is 12.0 Å². The van der Waals surface area contributed by atoms with Gasteiger partial charge in [0.25, 0.3) is 0 Å². The summed E-state index contributed by atoms with van der Waals surface area (Å²) in [6, 6.07) is 5.37. The molecular weight excluding hydrogens is 306 g/mol. The van der Waals surface area contributed by atoms with Gasteiger partial charge in [-0.1, -0.05) is 6.07 Å². The van der Waals surface area contributed by atoms with E-state index >= 15 is 0 Å². The van der Waals surface area contributed by atoms with Crippen molar-refractivity contribution in [3.8, 4) is 0 Å². The fraction of sp³-hybridized carbons (Fsp3) is 0.467. The zero-order valence-electron chi connectivity index (χ0n) is 12.8. The number of likely N-dealkylation sites (tertiary alicyclic amines) is 1. The number of nitrogen functional groups attached to an aromatic ring is 1. The lowest BCUT2D eigenvalue weighted by atomic mass is 10.1. The maximum atomic E-state index is 12.3. The highest BCUT2D eigenvalue weighted by atomic mass is 35.5. The smallest absolute Gasteiger partial charge is 0.229 e. The number of nitrogens with one attached hydrogen (secondary N) is 1. The second-order valence-corrected chi connectivity index (χ2v) is 5.30. The number of ether oxygens (including phenoxy) is 1. The van der Waals surface area contributed by atoms with E-state index in [-0.39, 0.29) is 36.6 Å². The van der Waals surface area contributed by atoms with Crippen LogP contribution in [0.15, 0.2) is 18.2 Å². The van der Waals surface area contributed by atoms with Crippen molar-refractivity contribution in [2.45, 2.75) is 13.3 Å². The maximum absolute atomic E-state index is 12.3. The predicted octanol–water partition coefficient (Wildman–Crippen LogP) is 1.43. The molecule has 0 bridgehead atoms. The van der Waals surface area contributed by atoms with E-state index < -0.39 is 0 Å². The molecule has 1 aromatic carbocycles. The summed E-state index contributed by atoms with van der Waals surface area (Å²) in [6.07, 6.45) is 0.247. The molecule has 7 heteroatoms. The molecule has 2 rings (SSSR count). The van der Waals surface area contributed by atoms with Crippen molar-refractivity contribution in [3.63, 3.8) is 0 Å². The van der Waals surface area contributed by atoms with Gasteiger partial charge in [0.15, 0.2) is 0 Å². The summed E-state index contributed by atoms with van der Waals surface area (Å²) in [4.78, 5) is 25.8. The standard InChI is InChI=1S/C15H21N3O3.ClH/c1-10-3-4-12(16)8-13(10)17-15(20)11-7-14(19)18(9-11)5-6-21-2;/h3-4,8,11H,5-7,9,16H2,1-2H3,(H,17,20);1H. The van der Waals surface area contributed by atoms with Gasteiger partial charge in [0.2, 0.25) is 11.8 Å². The van der Waals surface area contributed by atoms with Crippen LogP contribution in [-0.4, -0.2) is 43.5 Å². The number of benzene rings is 1. The van der Waals surface area contributed by atoms with E-state index in [2.05, 4.69) is 5.32 Å². The number of nitrogens with two attached hydrogens (primary N) is 1. The summed E-state index contributed by atoms with van der Waals surface area (Å²) in [5, 5.41) is 2.86. The summed E-state index contributed by atoms with van der Waals surface area (Å²) in [5.41, 5.74) is 7.97. The second kappa shape index (κ2) is 8.00. The largest absolute Gasteiger partial charge is 0.399 e. The highest BCUT2D eigenvalue weighted by Crippen LogP contribution is 2.22. The Labute approximate surface area is 136 Å². The Morgan fingerprint density at radius 1 is 1.50 bits per heavy atom. The van der Waals surface area contributed by atoms with Gasteiger partial charge in [0, 0.05) is 38.0 Å². The molecule has 1 heterocycles. The quantitative estimate of drug-likeness (QED) is 0.801. The summed E-state index contributed by atoms with van der Waals surface area (Å²) in [7, 11) is 1.59. The third kappa shape index (κ3) is 4.35. The van der Waals surface area contributed by atoms with Gasteiger partial charge in [-0.25, -0.2) is 0 Å². The number of carbonyl (C=O) groups is 2. The van der Waals surface area contributed by atoms with Crippen molar-refractivity contribution >= 4 is 35.6 Å². The summed E-state index contributed by atoms with van der Waals surface area (Å²) in [6.45, 7) is 3.35. The van der Waals surface area contributed by atoms with E-state index in [4.69, 9.17) is 10.5 Å². The number of halogens is 1. The van der Waals surface area contributed by atoms with E-state index in [1.807, 2.05) is 13.0 Å². The van der Waals surface area contributed by atoms with Gasteiger partial charge in [-0.3, -0.25) is 9.59 Å². The van der Waals surface area contributed by atoms with Crippen molar-refractivity contribution in [2.24, 2.45) is 5.92 Å². The van der Waals surface area contributed by atoms with Crippen LogP contribution in [0.4, 0.5) is 11.4 Å². The molecule has 1 aliphatic rings. The van der Waals surface area contributed by atoms with Crippen molar-refractivity contribution < 1.29 is 14.3 Å². The maximum Gasteiger partial charge on any atom is 0.229 e. The van der Waals surface area contributed by atoms with Gasteiger partial charge < -0.3 is 20.7 Å². The lowest BCUT2D eigenvalue weighted by Crippen LogP contribution is -2.30. The van der Waals surface area contributed by atoms with E-state index in [1.165, 1.54) is 0 Å². The van der Waals surface area contributed by atoms with Crippen LogP contribution in [0.5, 0.6) is 0 Å². The minimum absolute atomic E-state index is 0. The summed E-state index contributed by atoms with van der Waals surface area (Å²) < 4.78 is 4.96. The first kappa shape index (κ1) is 18.3. The average molecular weight is 328 g/mol. The first-order chi connectivity index (χ1) is 10.0. The Morgan fingerprint density at radius 2 is 2.23 bits per heavy atom. The number of hydrogen-bond acceptors (Lipinski definition) is 4. The molecule has 0 saturated carbocycles. The highest BCUT2D eigenvalue weighted by molar-refractivity contribution is 5.97. The Bertz CT molecular complexity index is 551. The van der Waals surface area contributed by atoms with Gasteiger partial charge in [-0.05, 0) is 24.6 Å². The predicted molar refractivity (Wildman–Crippen MR) is 88.0 cm³/mol. The van der Waals surface area contributed by atoms with Gasteiger partial charge in [0.05, 0.1) is 12.5 Å². The SMILES string of the molecule is COCCN1CC(C(=O)Nc2cc(N)ccc2C)CC1=O.Cl. The van der Waals surface area contributed by atoms with Crippen molar-refractivity contribution in [1.29, 1.82) is 0 Å². The molecule has 22 heavy (non-hydrogen) atoms. The Hall–Kier alpha value is -1.79. The van der Waals surface area contributed by atoms with Crippen LogP contribution < -0.4 is 11.1 Å². The third-order valence-corrected chi connectivity index (χ3v) is 3.67. The Balaban J connectivity index is 0.00000242. The third-order valence-electron chi connectivity index (χ3n) is 3.67. The molecule has 0 aliphatic carbocycles. The van der Waals surface area contributed by atoms with Crippen LogP contribution in [0.2, 0.25) is 0 Å². The molecule has 1 atom stereocenters. The number of amides is 2. The number of anilines is 2. The number of aryl methyl sites for hydroxylation is 1. The van der Waals surface area contributed by atoms with Gasteiger partial charge in [-0.2, -0.15) is 0 Å². The van der Waals surface area contributed by atoms with Crippen LogP contribution in [0.25, 0.3) is 0 Å².